The zero-order chi connectivity index (χ0) is 45.7. The highest BCUT2D eigenvalue weighted by atomic mass is 31.2. The first-order valence-electron chi connectivity index (χ1n) is 23.2. The predicted octanol–water partition coefficient (Wildman–Crippen LogP) is 9.11. The molecule has 0 saturated heterocycles. The van der Waals surface area contributed by atoms with Crippen LogP contribution in [-0.4, -0.2) is 98.3 Å². The number of unbranched alkanes of at least 4 members (excludes halogenated alkanes) is 13. The number of hydrogen-bond donors (Lipinski definition) is 6. The molecule has 13 nitrogen and oxygen atoms in total. The Morgan fingerprint density at radius 2 is 0.919 bits per heavy atom. The lowest BCUT2D eigenvalue weighted by molar-refractivity contribution is -0.220. The lowest BCUT2D eigenvalue weighted by Crippen LogP contribution is -2.64. The van der Waals surface area contributed by atoms with E-state index in [1.165, 1.54) is 64.2 Å². The summed E-state index contributed by atoms with van der Waals surface area (Å²) in [6, 6.07) is 0. The maximum atomic E-state index is 12.8. The molecule has 8 atom stereocenters. The predicted molar refractivity (Wildman–Crippen MR) is 244 cm³/mol. The van der Waals surface area contributed by atoms with Crippen LogP contribution in [0.5, 0.6) is 0 Å². The second kappa shape index (κ2) is 37.6. The fraction of sp³-hybridized carbons (Fsp3) is 0.708. The Morgan fingerprint density at radius 3 is 1.37 bits per heavy atom. The van der Waals surface area contributed by atoms with Gasteiger partial charge in [0, 0.05) is 12.8 Å². The molecule has 1 fully saturated rings. The zero-order valence-corrected chi connectivity index (χ0v) is 38.5. The van der Waals surface area contributed by atoms with E-state index in [0.717, 1.165) is 51.4 Å². The van der Waals surface area contributed by atoms with Gasteiger partial charge in [0.2, 0.25) is 0 Å². The molecule has 356 valence electrons. The van der Waals surface area contributed by atoms with Gasteiger partial charge in [-0.15, -0.1) is 0 Å². The number of hydrogen-bond acceptors (Lipinski definition) is 12. The molecule has 14 heteroatoms. The molecule has 0 aromatic heterocycles. The van der Waals surface area contributed by atoms with E-state index in [2.05, 4.69) is 68.5 Å². The number of phosphoric acid groups is 1. The highest BCUT2D eigenvalue weighted by Crippen LogP contribution is 2.47. The van der Waals surface area contributed by atoms with E-state index in [4.69, 9.17) is 18.5 Å². The molecule has 0 aromatic rings. The maximum Gasteiger partial charge on any atom is 0.472 e. The summed E-state index contributed by atoms with van der Waals surface area (Å²) >= 11 is 0. The van der Waals surface area contributed by atoms with E-state index in [1.807, 2.05) is 18.2 Å². The van der Waals surface area contributed by atoms with Gasteiger partial charge in [-0.05, 0) is 51.4 Å². The minimum absolute atomic E-state index is 0.0302. The van der Waals surface area contributed by atoms with Crippen LogP contribution in [0, 0.1) is 0 Å². The van der Waals surface area contributed by atoms with E-state index in [9.17, 15) is 44.6 Å². The number of ether oxygens (including phenoxy) is 2. The van der Waals surface area contributed by atoms with E-state index in [1.54, 1.807) is 0 Å². The molecule has 0 heterocycles. The number of esters is 2. The van der Waals surface area contributed by atoms with Gasteiger partial charge in [-0.1, -0.05) is 170 Å². The quantitative estimate of drug-likeness (QED) is 0.0149. The minimum Gasteiger partial charge on any atom is -0.462 e. The Hall–Kier alpha value is -2.71. The Morgan fingerprint density at radius 1 is 0.516 bits per heavy atom. The summed E-state index contributed by atoms with van der Waals surface area (Å²) in [7, 11) is -5.14. The Balaban J connectivity index is 2.52. The van der Waals surface area contributed by atoms with Crippen molar-refractivity contribution in [1.29, 1.82) is 0 Å². The smallest absolute Gasteiger partial charge is 0.462 e. The van der Waals surface area contributed by atoms with E-state index in [0.29, 0.717) is 19.3 Å². The van der Waals surface area contributed by atoms with Crippen molar-refractivity contribution in [2.75, 3.05) is 13.2 Å². The van der Waals surface area contributed by atoms with E-state index in [-0.39, 0.29) is 12.8 Å². The molecule has 6 N–H and O–H groups in total. The first-order chi connectivity index (χ1) is 29.9. The SMILES string of the molecule is CC/C=C/C/C=C/C/C=C/C/C=C/C/C=C/C/C=C/CCC(=O)O[C@H](COC(=O)CCCCCCCCCCCCCCCC)COP(=O)(O)OC1C(O)C(O)C(O)[C@H](O)C1O. The summed E-state index contributed by atoms with van der Waals surface area (Å²) < 4.78 is 33.4. The van der Waals surface area contributed by atoms with Gasteiger partial charge >= 0.3 is 19.8 Å². The van der Waals surface area contributed by atoms with Gasteiger partial charge in [0.1, 0.15) is 43.2 Å². The third-order valence-electron chi connectivity index (χ3n) is 10.3. The number of aliphatic hydroxyl groups excluding tert-OH is 5. The van der Waals surface area contributed by atoms with Crippen molar-refractivity contribution in [3.8, 4) is 0 Å². The third kappa shape index (κ3) is 29.6. The van der Waals surface area contributed by atoms with Crippen LogP contribution in [0.15, 0.2) is 72.9 Å². The van der Waals surface area contributed by atoms with E-state index >= 15 is 0 Å². The summed E-state index contributed by atoms with van der Waals surface area (Å²) in [6.07, 6.45) is 34.0. The van der Waals surface area contributed by atoms with Crippen LogP contribution in [0.1, 0.15) is 162 Å². The minimum atomic E-state index is -5.14. The lowest BCUT2D eigenvalue weighted by Gasteiger charge is -2.41. The van der Waals surface area contributed by atoms with Gasteiger partial charge in [0.15, 0.2) is 6.10 Å². The standard InChI is InChI=1S/C48H81O13P/c1-3-5-7-9-11-13-15-17-19-20-21-22-23-25-27-29-31-33-35-37-42(50)60-40(39-59-62(56,57)61-48-46(54)44(52)43(51)45(53)47(48)55)38-58-41(49)36-34-32-30-28-26-24-18-16-14-12-10-8-6-4-2/h5,7,11,13,17,19,21-22,25,27,31,33,40,43-48,51-55H,3-4,6,8-10,12,14-16,18,20,23-24,26,28-30,32,34-39H2,1-2H3,(H,56,57)/b7-5+,13-11+,19-17+,22-21+,27-25+,33-31+/t40-,43?,44+,45?,46?,47?,48?/m1/s1. The zero-order valence-electron chi connectivity index (χ0n) is 37.6. The highest BCUT2D eigenvalue weighted by Gasteiger charge is 2.51. The highest BCUT2D eigenvalue weighted by molar-refractivity contribution is 7.47. The molecular formula is C48H81O13P. The first kappa shape index (κ1) is 57.3. The molecule has 1 aliphatic rings. The summed E-state index contributed by atoms with van der Waals surface area (Å²) in [6.45, 7) is 3.12. The van der Waals surface area contributed by atoms with Crippen molar-refractivity contribution in [3.05, 3.63) is 72.9 Å². The average molecular weight is 897 g/mol. The van der Waals surface area contributed by atoms with E-state index < -0.39 is 75.7 Å². The van der Waals surface area contributed by atoms with Crippen LogP contribution in [0.2, 0.25) is 0 Å². The Labute approximate surface area is 372 Å². The lowest BCUT2D eigenvalue weighted by atomic mass is 9.85. The van der Waals surface area contributed by atoms with Crippen molar-refractivity contribution in [1.82, 2.24) is 0 Å². The molecule has 0 aliphatic heterocycles. The molecule has 0 bridgehead atoms. The Bertz CT molecular complexity index is 1360. The number of allylic oxidation sites excluding steroid dienone is 12. The largest absolute Gasteiger partial charge is 0.472 e. The fourth-order valence-corrected chi connectivity index (χ4v) is 7.58. The maximum absolute atomic E-state index is 12.8. The summed E-state index contributed by atoms with van der Waals surface area (Å²) in [4.78, 5) is 35.7. The third-order valence-corrected chi connectivity index (χ3v) is 11.3. The second-order valence-electron chi connectivity index (χ2n) is 15.9. The van der Waals surface area contributed by atoms with Crippen LogP contribution < -0.4 is 0 Å². The number of carbonyl (C=O) groups excluding carboxylic acids is 2. The van der Waals surface area contributed by atoms with Crippen LogP contribution in [0.25, 0.3) is 0 Å². The van der Waals surface area contributed by atoms with Crippen molar-refractivity contribution < 1.29 is 63.1 Å². The second-order valence-corrected chi connectivity index (χ2v) is 17.3. The summed E-state index contributed by atoms with van der Waals surface area (Å²) in [5.74, 6) is -1.20. The van der Waals surface area contributed by atoms with Gasteiger partial charge in [-0.2, -0.15) is 0 Å². The molecule has 1 saturated carbocycles. The molecule has 62 heavy (non-hydrogen) atoms. The van der Waals surface area contributed by atoms with Gasteiger partial charge in [-0.3, -0.25) is 18.6 Å². The van der Waals surface area contributed by atoms with Crippen LogP contribution in [0.4, 0.5) is 0 Å². The normalized spacial score (nSPS) is 22.5. The van der Waals surface area contributed by atoms with Crippen molar-refractivity contribution in [2.45, 2.75) is 204 Å². The topological polar surface area (TPSA) is 210 Å². The van der Waals surface area contributed by atoms with Crippen molar-refractivity contribution in [2.24, 2.45) is 0 Å². The number of aliphatic hydroxyl groups is 5. The molecule has 1 aliphatic carbocycles. The number of rotatable bonds is 37. The molecule has 0 amide bonds. The van der Waals surface area contributed by atoms with Crippen LogP contribution in [-0.2, 0) is 32.7 Å². The van der Waals surface area contributed by atoms with Crippen LogP contribution >= 0.6 is 7.82 Å². The van der Waals surface area contributed by atoms with Gasteiger partial charge < -0.3 is 39.9 Å². The monoisotopic (exact) mass is 897 g/mol. The molecule has 6 unspecified atom stereocenters. The molecule has 0 radical (unpaired) electrons. The number of carbonyl (C=O) groups is 2. The summed E-state index contributed by atoms with van der Waals surface area (Å²) in [5, 5.41) is 50.1. The van der Waals surface area contributed by atoms with Gasteiger partial charge in [-0.25, -0.2) is 4.57 Å². The number of phosphoric ester groups is 1. The molecule has 0 aromatic carbocycles. The van der Waals surface area contributed by atoms with Crippen molar-refractivity contribution in [3.63, 3.8) is 0 Å². The molecule has 1 rings (SSSR count). The first-order valence-corrected chi connectivity index (χ1v) is 24.7. The van der Waals surface area contributed by atoms with Gasteiger partial charge in [0.25, 0.3) is 0 Å². The summed E-state index contributed by atoms with van der Waals surface area (Å²) in [5.41, 5.74) is 0. The Kier molecular flexibility index (Phi) is 34.8. The van der Waals surface area contributed by atoms with Crippen molar-refractivity contribution >= 4 is 19.8 Å². The molecule has 0 spiro atoms. The molecular weight excluding hydrogens is 815 g/mol. The average Bonchev–Trinajstić information content (AvgIpc) is 3.25. The fourth-order valence-electron chi connectivity index (χ4n) is 6.61. The van der Waals surface area contributed by atoms with Crippen LogP contribution in [0.3, 0.4) is 0 Å². The van der Waals surface area contributed by atoms with Gasteiger partial charge in [0.05, 0.1) is 6.61 Å².